The van der Waals surface area contributed by atoms with Crippen LogP contribution in [0, 0.1) is 0 Å². The molecule has 0 aliphatic carbocycles. The van der Waals surface area contributed by atoms with E-state index in [1.807, 2.05) is 36.4 Å². The molecule has 2 rings (SSSR count). The van der Waals surface area contributed by atoms with Crippen LogP contribution < -0.4 is 5.32 Å². The van der Waals surface area contributed by atoms with Gasteiger partial charge in [-0.25, -0.2) is 9.59 Å². The van der Waals surface area contributed by atoms with E-state index in [1.54, 1.807) is 31.2 Å². The van der Waals surface area contributed by atoms with Crippen molar-refractivity contribution in [3.8, 4) is 0 Å². The summed E-state index contributed by atoms with van der Waals surface area (Å²) >= 11 is 0. The number of amides is 2. The van der Waals surface area contributed by atoms with E-state index in [0.717, 1.165) is 5.56 Å². The fourth-order valence-corrected chi connectivity index (χ4v) is 2.60. The van der Waals surface area contributed by atoms with Gasteiger partial charge in [0.25, 0.3) is 0 Å². The van der Waals surface area contributed by atoms with Gasteiger partial charge >= 0.3 is 12.1 Å². The van der Waals surface area contributed by atoms with Gasteiger partial charge in [0.05, 0.1) is 12.3 Å². The lowest BCUT2D eigenvalue weighted by Crippen LogP contribution is -2.42. The fourth-order valence-electron chi connectivity index (χ4n) is 2.60. The van der Waals surface area contributed by atoms with Crippen molar-refractivity contribution >= 4 is 23.7 Å². The van der Waals surface area contributed by atoms with E-state index in [0.29, 0.717) is 11.3 Å². The molecule has 0 saturated carbocycles. The molecule has 29 heavy (non-hydrogen) atoms. The second-order valence-corrected chi connectivity index (χ2v) is 6.17. The molecule has 1 atom stereocenters. The predicted molar refractivity (Wildman–Crippen MR) is 108 cm³/mol. The molecule has 2 aromatic rings. The molecule has 0 bridgehead atoms. The molecule has 0 heterocycles. The molecule has 7 nitrogen and oxygen atoms in total. The highest BCUT2D eigenvalue weighted by Gasteiger charge is 2.24. The van der Waals surface area contributed by atoms with Crippen LogP contribution in [-0.2, 0) is 25.7 Å². The van der Waals surface area contributed by atoms with Crippen molar-refractivity contribution in [3.63, 3.8) is 0 Å². The minimum atomic E-state index is -0.965. The van der Waals surface area contributed by atoms with E-state index < -0.39 is 18.1 Å². The van der Waals surface area contributed by atoms with Crippen LogP contribution in [0.25, 0.3) is 0 Å². The number of carbonyl (C=O) groups is 3. The van der Waals surface area contributed by atoms with Gasteiger partial charge in [-0.05, 0) is 18.1 Å². The van der Waals surface area contributed by atoms with Crippen LogP contribution in [-0.4, -0.2) is 36.3 Å². The summed E-state index contributed by atoms with van der Waals surface area (Å²) in [6.45, 7) is 3.24. The average Bonchev–Trinajstić information content (AvgIpc) is 2.72. The van der Waals surface area contributed by atoms with Gasteiger partial charge in [-0.3, -0.25) is 4.79 Å². The van der Waals surface area contributed by atoms with E-state index in [9.17, 15) is 14.4 Å². The molecule has 0 spiro atoms. The Hall–Kier alpha value is -3.48. The van der Waals surface area contributed by atoms with Crippen molar-refractivity contribution in [2.75, 3.05) is 6.61 Å². The van der Waals surface area contributed by atoms with E-state index >= 15 is 0 Å². The van der Waals surface area contributed by atoms with Crippen molar-refractivity contribution in [1.82, 2.24) is 5.32 Å². The lowest BCUT2D eigenvalue weighted by molar-refractivity contribution is -0.147. The topological polar surface area (TPSA) is 94.1 Å². The Balaban J connectivity index is 2.21. The molecule has 7 heteroatoms. The van der Waals surface area contributed by atoms with Crippen molar-refractivity contribution in [1.29, 1.82) is 0 Å². The first-order valence-corrected chi connectivity index (χ1v) is 9.27. The Labute approximate surface area is 169 Å². The number of esters is 1. The van der Waals surface area contributed by atoms with Crippen LogP contribution in [0.3, 0.4) is 0 Å². The van der Waals surface area contributed by atoms with Crippen LogP contribution in [0.15, 0.2) is 65.7 Å². The lowest BCUT2D eigenvalue weighted by Gasteiger charge is -2.17. The van der Waals surface area contributed by atoms with E-state index in [2.05, 4.69) is 10.3 Å². The van der Waals surface area contributed by atoms with E-state index in [-0.39, 0.29) is 25.5 Å². The first kappa shape index (κ1) is 21.8. The van der Waals surface area contributed by atoms with Crippen molar-refractivity contribution in [3.05, 3.63) is 71.8 Å². The first-order chi connectivity index (χ1) is 14.0. The van der Waals surface area contributed by atoms with Crippen molar-refractivity contribution in [2.24, 2.45) is 4.99 Å². The summed E-state index contributed by atoms with van der Waals surface area (Å²) in [5.74, 6) is -0.980. The van der Waals surface area contributed by atoms with Crippen LogP contribution in [0.4, 0.5) is 4.79 Å². The summed E-state index contributed by atoms with van der Waals surface area (Å²) in [6.07, 6.45) is -0.791. The zero-order valence-corrected chi connectivity index (χ0v) is 16.5. The fraction of sp³-hybridized carbons (Fsp3) is 0.273. The number of carbonyl (C=O) groups excluding carboxylic acids is 3. The number of hydrogen-bond donors (Lipinski definition) is 1. The van der Waals surface area contributed by atoms with E-state index in [4.69, 9.17) is 9.47 Å². The van der Waals surface area contributed by atoms with Gasteiger partial charge in [-0.1, -0.05) is 60.7 Å². The summed E-state index contributed by atoms with van der Waals surface area (Å²) in [5.41, 5.74) is 1.79. The minimum Gasteiger partial charge on any atom is -0.464 e. The number of nitrogens with zero attached hydrogens (tertiary/aromatic N) is 1. The average molecular weight is 396 g/mol. The Morgan fingerprint density at radius 2 is 1.59 bits per heavy atom. The van der Waals surface area contributed by atoms with Gasteiger partial charge in [-0.15, -0.1) is 0 Å². The third-order valence-corrected chi connectivity index (χ3v) is 3.88. The van der Waals surface area contributed by atoms with Gasteiger partial charge in [-0.2, -0.15) is 4.99 Å². The maximum atomic E-state index is 12.3. The molecule has 1 N–H and O–H groups in total. The molecular weight excluding hydrogens is 372 g/mol. The summed E-state index contributed by atoms with van der Waals surface area (Å²) in [5, 5.41) is 2.55. The van der Waals surface area contributed by atoms with Gasteiger partial charge < -0.3 is 14.8 Å². The lowest BCUT2D eigenvalue weighted by atomic mass is 10.0. The molecular formula is C22H24N2O5. The SMILES string of the molecule is CCOC(=O)[C@H](C/C(=N/C(=O)OCc1ccccc1)c1ccccc1)NC(C)=O. The molecule has 0 unspecified atom stereocenters. The second-order valence-electron chi connectivity index (χ2n) is 6.17. The number of nitrogens with one attached hydrogen (secondary N) is 1. The van der Waals surface area contributed by atoms with Gasteiger partial charge in [0.15, 0.2) is 0 Å². The summed E-state index contributed by atoms with van der Waals surface area (Å²) in [7, 11) is 0. The second kappa shape index (κ2) is 11.4. The number of aliphatic imine (C=N–C) groups is 1. The smallest absolute Gasteiger partial charge is 0.434 e. The van der Waals surface area contributed by atoms with Crippen LogP contribution in [0.1, 0.15) is 31.4 Å². The molecule has 0 fully saturated rings. The Bertz CT molecular complexity index is 850. The predicted octanol–water partition coefficient (Wildman–Crippen LogP) is 3.27. The first-order valence-electron chi connectivity index (χ1n) is 9.27. The molecule has 0 saturated heterocycles. The quantitative estimate of drug-likeness (QED) is 0.546. The summed E-state index contributed by atoms with van der Waals surface area (Å²) < 4.78 is 10.2. The third-order valence-electron chi connectivity index (χ3n) is 3.88. The maximum Gasteiger partial charge on any atom is 0.434 e. The Morgan fingerprint density at radius 1 is 0.966 bits per heavy atom. The number of rotatable bonds is 8. The molecule has 0 aliphatic rings. The highest BCUT2D eigenvalue weighted by molar-refractivity contribution is 6.07. The molecule has 2 amide bonds. The summed E-state index contributed by atoms with van der Waals surface area (Å²) in [4.78, 5) is 40.1. The number of benzene rings is 2. The Kier molecular flexibility index (Phi) is 8.56. The monoisotopic (exact) mass is 396 g/mol. The molecule has 2 aromatic carbocycles. The van der Waals surface area contributed by atoms with Crippen LogP contribution in [0.2, 0.25) is 0 Å². The maximum absolute atomic E-state index is 12.3. The highest BCUT2D eigenvalue weighted by atomic mass is 16.5. The van der Waals surface area contributed by atoms with Crippen LogP contribution in [0.5, 0.6) is 0 Å². The van der Waals surface area contributed by atoms with Crippen molar-refractivity contribution in [2.45, 2.75) is 32.9 Å². The van der Waals surface area contributed by atoms with Crippen molar-refractivity contribution < 1.29 is 23.9 Å². The molecule has 0 radical (unpaired) electrons. The standard InChI is InChI=1S/C22H24N2O5/c1-3-28-21(26)20(23-16(2)25)14-19(18-12-8-5-9-13-18)24-22(27)29-15-17-10-6-4-7-11-17/h4-13,20H,3,14-15H2,1-2H3,(H,23,25)/b24-19-/t20-/m0/s1. The molecule has 0 aliphatic heterocycles. The van der Waals surface area contributed by atoms with Gasteiger partial charge in [0, 0.05) is 13.3 Å². The summed E-state index contributed by atoms with van der Waals surface area (Å²) in [6, 6.07) is 17.2. The molecule has 0 aromatic heterocycles. The minimum absolute atomic E-state index is 0.0110. The number of hydrogen-bond acceptors (Lipinski definition) is 5. The van der Waals surface area contributed by atoms with Gasteiger partial charge in [0.2, 0.25) is 5.91 Å². The normalized spacial score (nSPS) is 12.0. The van der Waals surface area contributed by atoms with Gasteiger partial charge in [0.1, 0.15) is 12.6 Å². The Morgan fingerprint density at radius 3 is 2.17 bits per heavy atom. The highest BCUT2D eigenvalue weighted by Crippen LogP contribution is 2.11. The largest absolute Gasteiger partial charge is 0.464 e. The zero-order valence-electron chi connectivity index (χ0n) is 16.5. The van der Waals surface area contributed by atoms with Crippen LogP contribution >= 0.6 is 0 Å². The third kappa shape index (κ3) is 7.57. The zero-order chi connectivity index (χ0) is 21.1. The number of ether oxygens (including phenoxy) is 2. The molecule has 152 valence electrons. The van der Waals surface area contributed by atoms with E-state index in [1.165, 1.54) is 6.92 Å².